The smallest absolute Gasteiger partial charge is 0.139 e. The summed E-state index contributed by atoms with van der Waals surface area (Å²) in [6, 6.07) is 1.90. The number of aliphatic hydroxyl groups excluding tert-OH is 1. The van der Waals surface area contributed by atoms with Crippen molar-refractivity contribution in [3.05, 3.63) is 40.5 Å². The number of hydrogen-bond donors (Lipinski definition) is 2. The first-order valence-corrected chi connectivity index (χ1v) is 12.3. The molecule has 3 rings (SSSR count). The molecule has 2 aliphatic rings. The molecule has 0 radical (unpaired) electrons. The second-order valence-electron chi connectivity index (χ2n) is 10.9. The lowest BCUT2D eigenvalue weighted by molar-refractivity contribution is -0.127. The summed E-state index contributed by atoms with van der Waals surface area (Å²) >= 11 is 0. The predicted molar refractivity (Wildman–Crippen MR) is 127 cm³/mol. The molecule has 0 saturated heterocycles. The first-order chi connectivity index (χ1) is 14.5. The Morgan fingerprint density at radius 3 is 2.55 bits per heavy atom. The van der Waals surface area contributed by atoms with Gasteiger partial charge in [-0.05, 0) is 97.4 Å². The lowest BCUT2D eigenvalue weighted by Gasteiger charge is -2.34. The van der Waals surface area contributed by atoms with Gasteiger partial charge in [-0.15, -0.1) is 0 Å². The van der Waals surface area contributed by atoms with Gasteiger partial charge in [-0.3, -0.25) is 4.79 Å². The number of hydrogen-bond acceptors (Lipinski definition) is 3. The summed E-state index contributed by atoms with van der Waals surface area (Å²) in [4.78, 5) is 13.0. The van der Waals surface area contributed by atoms with Crippen LogP contribution in [0.15, 0.2) is 18.2 Å². The fourth-order valence-corrected chi connectivity index (χ4v) is 5.79. The lowest BCUT2D eigenvalue weighted by Crippen LogP contribution is -2.33. The molecule has 0 aromatic heterocycles. The molecule has 0 heterocycles. The van der Waals surface area contributed by atoms with Gasteiger partial charge >= 0.3 is 0 Å². The van der Waals surface area contributed by atoms with Crippen LogP contribution in [0.2, 0.25) is 0 Å². The third-order valence-electron chi connectivity index (χ3n) is 8.54. The van der Waals surface area contributed by atoms with Gasteiger partial charge in [-0.2, -0.15) is 0 Å². The van der Waals surface area contributed by atoms with E-state index < -0.39 is 0 Å². The Hall–Kier alpha value is -1.61. The number of allylic oxidation sites excluding steroid dienone is 2. The number of carbonyl (C=O) groups excluding carboxylic acids is 1. The van der Waals surface area contributed by atoms with E-state index in [0.717, 1.165) is 36.8 Å². The minimum atomic E-state index is -0.348. The number of benzene rings is 1. The maximum atomic E-state index is 13.0. The van der Waals surface area contributed by atoms with E-state index in [4.69, 9.17) is 0 Å². The zero-order valence-corrected chi connectivity index (χ0v) is 20.4. The largest absolute Gasteiger partial charge is 0.508 e. The van der Waals surface area contributed by atoms with Gasteiger partial charge < -0.3 is 10.2 Å². The van der Waals surface area contributed by atoms with E-state index in [0.29, 0.717) is 54.5 Å². The van der Waals surface area contributed by atoms with Gasteiger partial charge in [-0.1, -0.05) is 46.8 Å². The quantitative estimate of drug-likeness (QED) is 0.530. The molecular weight excluding hydrogens is 384 g/mol. The van der Waals surface area contributed by atoms with Crippen molar-refractivity contribution in [2.45, 2.75) is 92.6 Å². The Kier molecular flexibility index (Phi) is 7.35. The second kappa shape index (κ2) is 9.48. The minimum Gasteiger partial charge on any atom is -0.508 e. The molecule has 0 amide bonds. The summed E-state index contributed by atoms with van der Waals surface area (Å²) in [5.41, 5.74) is 4.09. The van der Waals surface area contributed by atoms with E-state index in [1.807, 2.05) is 6.07 Å². The van der Waals surface area contributed by atoms with Gasteiger partial charge in [-0.25, -0.2) is 0 Å². The van der Waals surface area contributed by atoms with Gasteiger partial charge in [0.05, 0.1) is 6.10 Å². The van der Waals surface area contributed by atoms with Crippen molar-refractivity contribution >= 4 is 5.78 Å². The van der Waals surface area contributed by atoms with Crippen molar-refractivity contribution in [2.24, 2.45) is 29.1 Å². The topological polar surface area (TPSA) is 57.5 Å². The molecule has 2 N–H and O–H groups in total. The third kappa shape index (κ3) is 4.92. The van der Waals surface area contributed by atoms with Crippen molar-refractivity contribution in [2.75, 3.05) is 0 Å². The summed E-state index contributed by atoms with van der Waals surface area (Å²) < 4.78 is 0. The van der Waals surface area contributed by atoms with Crippen LogP contribution in [0.4, 0.5) is 0 Å². The normalized spacial score (nSPS) is 28.3. The van der Waals surface area contributed by atoms with Gasteiger partial charge in [0.15, 0.2) is 0 Å². The maximum absolute atomic E-state index is 13.0. The molecule has 1 saturated carbocycles. The van der Waals surface area contributed by atoms with Crippen LogP contribution in [-0.2, 0) is 24.1 Å². The van der Waals surface area contributed by atoms with E-state index in [1.165, 1.54) is 11.1 Å². The molecule has 1 fully saturated rings. The van der Waals surface area contributed by atoms with Gasteiger partial charge in [0.1, 0.15) is 11.5 Å². The first kappa shape index (κ1) is 24.0. The van der Waals surface area contributed by atoms with Crippen molar-refractivity contribution < 1.29 is 15.0 Å². The van der Waals surface area contributed by atoms with Crippen molar-refractivity contribution in [3.8, 4) is 5.75 Å². The SMILES string of the molecule is Cc1c(CC[C@@]2(C)C(=O)CC[C@@H]2[C@H](C)/C=C/[C@H](C)C(C)C)c(O)cc2c1C[C@@H](O)CC2. The Bertz CT molecular complexity index is 837. The predicted octanol–water partition coefficient (Wildman–Crippen LogP) is 5.95. The molecule has 3 nitrogen and oxygen atoms in total. The molecule has 31 heavy (non-hydrogen) atoms. The Morgan fingerprint density at radius 1 is 1.16 bits per heavy atom. The standard InChI is InChI=1S/C28H42O3/c1-17(2)18(3)7-8-19(4)25-11-12-27(31)28(25,6)14-13-23-20(5)24-16-22(29)10-9-21(24)15-26(23)30/h7-8,15,17-19,22,25,29-30H,9-14,16H2,1-6H3/b8-7+/t18-,19+,22-,25+,28+/m0/s1. The lowest BCUT2D eigenvalue weighted by atomic mass is 9.69. The van der Waals surface area contributed by atoms with Crippen LogP contribution < -0.4 is 0 Å². The first-order valence-electron chi connectivity index (χ1n) is 12.3. The number of fused-ring (bicyclic) bond motifs is 1. The minimum absolute atomic E-state index is 0.289. The zero-order valence-electron chi connectivity index (χ0n) is 20.4. The summed E-state index contributed by atoms with van der Waals surface area (Å²) in [6.45, 7) is 13.2. The van der Waals surface area contributed by atoms with E-state index in [9.17, 15) is 15.0 Å². The van der Waals surface area contributed by atoms with E-state index in [1.54, 1.807) is 0 Å². The van der Waals surface area contributed by atoms with Gasteiger partial charge in [0, 0.05) is 11.8 Å². The molecule has 5 atom stereocenters. The highest BCUT2D eigenvalue weighted by molar-refractivity contribution is 5.87. The van der Waals surface area contributed by atoms with Crippen LogP contribution in [0, 0.1) is 36.0 Å². The van der Waals surface area contributed by atoms with Crippen LogP contribution in [0.1, 0.15) is 82.6 Å². The summed E-state index contributed by atoms with van der Waals surface area (Å²) in [7, 11) is 0. The molecule has 0 bridgehead atoms. The highest BCUT2D eigenvalue weighted by Crippen LogP contribution is 2.48. The molecule has 0 spiro atoms. The molecule has 3 heteroatoms. The van der Waals surface area contributed by atoms with E-state index >= 15 is 0 Å². The van der Waals surface area contributed by atoms with Crippen LogP contribution >= 0.6 is 0 Å². The van der Waals surface area contributed by atoms with Crippen LogP contribution in [-0.4, -0.2) is 22.1 Å². The number of phenols is 1. The Balaban J connectivity index is 1.79. The average molecular weight is 427 g/mol. The molecule has 172 valence electrons. The number of aryl methyl sites for hydroxylation is 1. The van der Waals surface area contributed by atoms with E-state index in [-0.39, 0.29) is 11.5 Å². The summed E-state index contributed by atoms with van der Waals surface area (Å²) in [5.74, 6) is 2.60. The molecular formula is C28H42O3. The molecule has 2 aliphatic carbocycles. The fourth-order valence-electron chi connectivity index (χ4n) is 5.79. The average Bonchev–Trinajstić information content (AvgIpc) is 3.01. The molecule has 1 aromatic carbocycles. The number of aromatic hydroxyl groups is 1. The maximum Gasteiger partial charge on any atom is 0.139 e. The number of ketones is 1. The number of Topliss-reactive ketones (excluding diaryl/α,β-unsaturated/α-hetero) is 1. The van der Waals surface area contributed by atoms with E-state index in [2.05, 4.69) is 53.7 Å². The number of carbonyl (C=O) groups is 1. The molecule has 0 unspecified atom stereocenters. The highest BCUT2D eigenvalue weighted by Gasteiger charge is 2.47. The summed E-state index contributed by atoms with van der Waals surface area (Å²) in [6.07, 6.45) is 9.72. The third-order valence-corrected chi connectivity index (χ3v) is 8.54. The van der Waals surface area contributed by atoms with Crippen molar-refractivity contribution in [1.29, 1.82) is 0 Å². The number of aliphatic hydroxyl groups is 1. The van der Waals surface area contributed by atoms with Crippen LogP contribution in [0.3, 0.4) is 0 Å². The monoisotopic (exact) mass is 426 g/mol. The summed E-state index contributed by atoms with van der Waals surface area (Å²) in [5, 5.41) is 20.9. The van der Waals surface area contributed by atoms with Crippen molar-refractivity contribution in [1.82, 2.24) is 0 Å². The highest BCUT2D eigenvalue weighted by atomic mass is 16.3. The molecule has 1 aromatic rings. The fraction of sp³-hybridized carbons (Fsp3) is 0.679. The Labute approximate surface area is 189 Å². The van der Waals surface area contributed by atoms with Crippen LogP contribution in [0.5, 0.6) is 5.75 Å². The number of rotatable bonds is 7. The zero-order chi connectivity index (χ0) is 22.9. The van der Waals surface area contributed by atoms with Gasteiger partial charge in [0.25, 0.3) is 0 Å². The van der Waals surface area contributed by atoms with Gasteiger partial charge in [0.2, 0.25) is 0 Å². The molecule has 0 aliphatic heterocycles. The second-order valence-corrected chi connectivity index (χ2v) is 10.9. The van der Waals surface area contributed by atoms with Crippen molar-refractivity contribution in [3.63, 3.8) is 0 Å². The number of phenolic OH excluding ortho intramolecular Hbond substituents is 1. The Morgan fingerprint density at radius 2 is 1.87 bits per heavy atom. The van der Waals surface area contributed by atoms with Crippen LogP contribution in [0.25, 0.3) is 0 Å².